The Morgan fingerprint density at radius 3 is 2.62 bits per heavy atom. The third-order valence-corrected chi connectivity index (χ3v) is 5.23. The molecule has 2 nitrogen and oxygen atoms in total. The maximum atomic E-state index is 14.2. The second kappa shape index (κ2) is 7.35. The second-order valence-corrected chi connectivity index (χ2v) is 6.47. The number of benzene rings is 2. The Balaban J connectivity index is 2.22. The predicted octanol–water partition coefficient (Wildman–Crippen LogP) is 4.33. The number of halogens is 3. The van der Waals surface area contributed by atoms with Crippen molar-refractivity contribution < 1.29 is 8.78 Å². The molecule has 1 atom stereocenters. The first kappa shape index (κ1) is 16.4. The molecule has 3 N–H and O–H groups in total. The van der Waals surface area contributed by atoms with E-state index in [9.17, 15) is 8.78 Å². The Labute approximate surface area is 135 Å². The summed E-state index contributed by atoms with van der Waals surface area (Å²) in [6, 6.07) is 9.75. The minimum atomic E-state index is -0.609. The molecule has 0 aliphatic heterocycles. The molecule has 2 aromatic rings. The highest BCUT2D eigenvalue weighted by Gasteiger charge is 2.21. The molecule has 2 aromatic carbocycles. The van der Waals surface area contributed by atoms with Crippen LogP contribution in [0.2, 0.25) is 0 Å². The molecule has 2 rings (SSSR count). The minimum absolute atomic E-state index is 0.0166. The molecular weight excluding hydrogens is 358 g/mol. The molecule has 0 heterocycles. The topological polar surface area (TPSA) is 38.0 Å². The van der Waals surface area contributed by atoms with Crippen LogP contribution in [0.15, 0.2) is 45.8 Å². The number of thioether (sulfide) groups is 1. The van der Waals surface area contributed by atoms with Gasteiger partial charge in [0.1, 0.15) is 11.6 Å². The molecule has 0 saturated carbocycles. The number of aryl methyl sites for hydroxylation is 1. The summed E-state index contributed by atoms with van der Waals surface area (Å²) >= 11 is 4.92. The van der Waals surface area contributed by atoms with Gasteiger partial charge < -0.3 is 0 Å². The van der Waals surface area contributed by atoms with Gasteiger partial charge in [-0.05, 0) is 46.6 Å². The largest absolute Gasteiger partial charge is 0.271 e. The molecular formula is C15H15BrF2N2S. The van der Waals surface area contributed by atoms with E-state index in [2.05, 4.69) is 21.4 Å². The van der Waals surface area contributed by atoms with Gasteiger partial charge >= 0.3 is 0 Å². The van der Waals surface area contributed by atoms with E-state index in [1.54, 1.807) is 6.92 Å². The Bertz CT molecular complexity index is 637. The van der Waals surface area contributed by atoms with Crippen LogP contribution in [-0.4, -0.2) is 5.75 Å². The summed E-state index contributed by atoms with van der Waals surface area (Å²) in [5.74, 6) is 4.76. The standard InChI is InChI=1S/C15H15BrF2N2S/c1-9-6-7-11(17)14(15(9)18)12(20-19)8-21-13-5-3-2-4-10(13)16/h2-7,12,20H,8,19H2,1H3. The van der Waals surface area contributed by atoms with Crippen molar-refractivity contribution in [1.82, 2.24) is 5.43 Å². The minimum Gasteiger partial charge on any atom is -0.271 e. The second-order valence-electron chi connectivity index (χ2n) is 4.55. The molecule has 6 heteroatoms. The molecule has 112 valence electrons. The fourth-order valence-corrected chi connectivity index (χ4v) is 3.57. The maximum Gasteiger partial charge on any atom is 0.133 e. The van der Waals surface area contributed by atoms with Crippen molar-refractivity contribution in [2.45, 2.75) is 17.9 Å². The third kappa shape index (κ3) is 3.83. The summed E-state index contributed by atoms with van der Waals surface area (Å²) < 4.78 is 29.0. The lowest BCUT2D eigenvalue weighted by Gasteiger charge is -2.18. The Morgan fingerprint density at radius 1 is 1.24 bits per heavy atom. The molecule has 0 amide bonds. The van der Waals surface area contributed by atoms with Crippen LogP contribution >= 0.6 is 27.7 Å². The molecule has 0 radical (unpaired) electrons. The van der Waals surface area contributed by atoms with Gasteiger partial charge in [-0.15, -0.1) is 11.8 Å². The van der Waals surface area contributed by atoms with Crippen LogP contribution in [0.1, 0.15) is 17.2 Å². The summed E-state index contributed by atoms with van der Waals surface area (Å²) in [6.07, 6.45) is 0. The zero-order valence-electron chi connectivity index (χ0n) is 11.4. The van der Waals surface area contributed by atoms with E-state index >= 15 is 0 Å². The quantitative estimate of drug-likeness (QED) is 0.465. The van der Waals surface area contributed by atoms with Gasteiger partial charge in [-0.2, -0.15) is 0 Å². The van der Waals surface area contributed by atoms with E-state index < -0.39 is 17.7 Å². The fraction of sp³-hybridized carbons (Fsp3) is 0.200. The van der Waals surface area contributed by atoms with Gasteiger partial charge in [0.05, 0.1) is 6.04 Å². The van der Waals surface area contributed by atoms with E-state index in [0.29, 0.717) is 11.3 Å². The molecule has 0 aromatic heterocycles. The van der Waals surface area contributed by atoms with Crippen LogP contribution in [-0.2, 0) is 0 Å². The van der Waals surface area contributed by atoms with E-state index in [1.807, 2.05) is 24.3 Å². The molecule has 0 aliphatic rings. The van der Waals surface area contributed by atoms with Crippen LogP contribution in [0.3, 0.4) is 0 Å². The molecule has 21 heavy (non-hydrogen) atoms. The maximum absolute atomic E-state index is 14.2. The van der Waals surface area contributed by atoms with E-state index in [0.717, 1.165) is 9.37 Å². The highest BCUT2D eigenvalue weighted by atomic mass is 79.9. The first-order valence-corrected chi connectivity index (χ1v) is 8.10. The van der Waals surface area contributed by atoms with Gasteiger partial charge in [0.25, 0.3) is 0 Å². The summed E-state index contributed by atoms with van der Waals surface area (Å²) in [6.45, 7) is 1.60. The van der Waals surface area contributed by atoms with Gasteiger partial charge in [0.15, 0.2) is 0 Å². The van der Waals surface area contributed by atoms with Gasteiger partial charge in [0.2, 0.25) is 0 Å². The molecule has 1 unspecified atom stereocenters. The first-order valence-electron chi connectivity index (χ1n) is 6.32. The van der Waals surface area contributed by atoms with E-state index in [4.69, 9.17) is 5.84 Å². The Morgan fingerprint density at radius 2 is 1.95 bits per heavy atom. The van der Waals surface area contributed by atoms with Crippen molar-refractivity contribution >= 4 is 27.7 Å². The van der Waals surface area contributed by atoms with Gasteiger partial charge in [-0.3, -0.25) is 11.3 Å². The number of hydrazine groups is 1. The van der Waals surface area contributed by atoms with Crippen LogP contribution in [0.25, 0.3) is 0 Å². The van der Waals surface area contributed by atoms with Crippen molar-refractivity contribution in [2.75, 3.05) is 5.75 Å². The Kier molecular flexibility index (Phi) is 5.75. The fourth-order valence-electron chi connectivity index (χ4n) is 1.95. The van der Waals surface area contributed by atoms with Crippen LogP contribution in [0.4, 0.5) is 8.78 Å². The number of hydrogen-bond acceptors (Lipinski definition) is 3. The molecule has 0 spiro atoms. The zero-order chi connectivity index (χ0) is 15.4. The third-order valence-electron chi connectivity index (χ3n) is 3.11. The van der Waals surface area contributed by atoms with Gasteiger partial charge in [-0.25, -0.2) is 8.78 Å². The summed E-state index contributed by atoms with van der Waals surface area (Å²) in [7, 11) is 0. The average Bonchev–Trinajstić information content (AvgIpc) is 2.48. The zero-order valence-corrected chi connectivity index (χ0v) is 13.8. The number of nitrogens with two attached hydrogens (primary N) is 1. The van der Waals surface area contributed by atoms with E-state index in [-0.39, 0.29) is 5.56 Å². The van der Waals surface area contributed by atoms with Crippen molar-refractivity contribution in [3.8, 4) is 0 Å². The summed E-state index contributed by atoms with van der Waals surface area (Å²) in [4.78, 5) is 0.992. The van der Waals surface area contributed by atoms with Crippen molar-refractivity contribution in [3.05, 3.63) is 63.6 Å². The monoisotopic (exact) mass is 372 g/mol. The van der Waals surface area contributed by atoms with Crippen molar-refractivity contribution in [2.24, 2.45) is 5.84 Å². The van der Waals surface area contributed by atoms with Crippen molar-refractivity contribution in [1.29, 1.82) is 0 Å². The van der Waals surface area contributed by atoms with Gasteiger partial charge in [-0.1, -0.05) is 18.2 Å². The normalized spacial score (nSPS) is 12.4. The smallest absolute Gasteiger partial charge is 0.133 e. The summed E-state index contributed by atoms with van der Waals surface area (Å²) in [5.41, 5.74) is 2.88. The Hall–Kier alpha value is -0.950. The number of hydrogen-bond donors (Lipinski definition) is 2. The molecule has 0 fully saturated rings. The molecule has 0 aliphatic carbocycles. The summed E-state index contributed by atoms with van der Waals surface area (Å²) in [5, 5.41) is 0. The van der Waals surface area contributed by atoms with Crippen LogP contribution in [0.5, 0.6) is 0 Å². The van der Waals surface area contributed by atoms with Gasteiger partial charge in [0, 0.05) is 20.7 Å². The number of rotatable bonds is 5. The first-order chi connectivity index (χ1) is 10.0. The lowest BCUT2D eigenvalue weighted by atomic mass is 10.0. The predicted molar refractivity (Wildman–Crippen MR) is 86.0 cm³/mol. The van der Waals surface area contributed by atoms with Crippen LogP contribution < -0.4 is 11.3 Å². The van der Waals surface area contributed by atoms with E-state index in [1.165, 1.54) is 23.9 Å². The molecule has 0 saturated heterocycles. The SMILES string of the molecule is Cc1ccc(F)c(C(CSc2ccccc2Br)NN)c1F. The highest BCUT2D eigenvalue weighted by molar-refractivity contribution is 9.10. The highest BCUT2D eigenvalue weighted by Crippen LogP contribution is 2.32. The van der Waals surface area contributed by atoms with Crippen molar-refractivity contribution in [3.63, 3.8) is 0 Å². The number of nitrogens with one attached hydrogen (secondary N) is 1. The average molecular weight is 373 g/mol. The van der Waals surface area contributed by atoms with Crippen LogP contribution in [0, 0.1) is 18.6 Å². The molecule has 0 bridgehead atoms. The lowest BCUT2D eigenvalue weighted by molar-refractivity contribution is 0.496. The lowest BCUT2D eigenvalue weighted by Crippen LogP contribution is -2.31.